The first-order chi connectivity index (χ1) is 14.0. The van der Waals surface area contributed by atoms with Crippen LogP contribution in [0.4, 0.5) is 17.2 Å². The van der Waals surface area contributed by atoms with Crippen molar-refractivity contribution in [2.75, 3.05) is 17.7 Å². The molecule has 0 saturated heterocycles. The fourth-order valence-electron chi connectivity index (χ4n) is 2.75. The lowest BCUT2D eigenvalue weighted by Crippen LogP contribution is -2.23. The van der Waals surface area contributed by atoms with E-state index in [1.807, 2.05) is 36.4 Å². The molecule has 3 rings (SSSR count). The summed E-state index contributed by atoms with van der Waals surface area (Å²) in [4.78, 5) is 27.8. The molecule has 0 aliphatic rings. The average molecular weight is 390 g/mol. The normalized spacial score (nSPS) is 10.1. The summed E-state index contributed by atoms with van der Waals surface area (Å²) in [6, 6.07) is 18.2. The molecule has 1 aromatic heterocycles. The number of anilines is 3. The second kappa shape index (κ2) is 9.36. The SMILES string of the molecule is COc1ccccc1CNC(=O)c1ccc(Nc2cccc(NC(C)=O)c2)nc1. The van der Waals surface area contributed by atoms with Crippen molar-refractivity contribution in [2.24, 2.45) is 0 Å². The zero-order valence-corrected chi connectivity index (χ0v) is 16.2. The van der Waals surface area contributed by atoms with E-state index in [9.17, 15) is 9.59 Å². The fourth-order valence-corrected chi connectivity index (χ4v) is 2.75. The first kappa shape index (κ1) is 19.9. The number of hydrogen-bond donors (Lipinski definition) is 3. The number of rotatable bonds is 7. The Hall–Kier alpha value is -3.87. The van der Waals surface area contributed by atoms with Crippen molar-refractivity contribution in [3.8, 4) is 5.75 Å². The van der Waals surface area contributed by atoms with Crippen molar-refractivity contribution in [1.29, 1.82) is 0 Å². The monoisotopic (exact) mass is 390 g/mol. The first-order valence-electron chi connectivity index (χ1n) is 9.06. The molecule has 29 heavy (non-hydrogen) atoms. The maximum atomic E-state index is 12.4. The Morgan fingerprint density at radius 3 is 2.52 bits per heavy atom. The zero-order chi connectivity index (χ0) is 20.6. The summed E-state index contributed by atoms with van der Waals surface area (Å²) >= 11 is 0. The van der Waals surface area contributed by atoms with Gasteiger partial charge in [0.05, 0.1) is 12.7 Å². The number of carbonyl (C=O) groups is 2. The number of amides is 2. The highest BCUT2D eigenvalue weighted by atomic mass is 16.5. The van der Waals surface area contributed by atoms with Crippen molar-refractivity contribution in [3.63, 3.8) is 0 Å². The Labute approximate surface area is 169 Å². The van der Waals surface area contributed by atoms with E-state index < -0.39 is 0 Å². The topological polar surface area (TPSA) is 92.4 Å². The van der Waals surface area contributed by atoms with Crippen LogP contribution in [0.2, 0.25) is 0 Å². The zero-order valence-electron chi connectivity index (χ0n) is 16.2. The molecule has 3 aromatic rings. The molecule has 3 N–H and O–H groups in total. The van der Waals surface area contributed by atoms with Gasteiger partial charge in [0.25, 0.3) is 5.91 Å². The van der Waals surface area contributed by atoms with E-state index in [0.29, 0.717) is 23.6 Å². The smallest absolute Gasteiger partial charge is 0.253 e. The fraction of sp³-hybridized carbons (Fsp3) is 0.136. The van der Waals surface area contributed by atoms with E-state index >= 15 is 0 Å². The lowest BCUT2D eigenvalue weighted by molar-refractivity contribution is -0.114. The third kappa shape index (κ3) is 5.55. The van der Waals surface area contributed by atoms with Gasteiger partial charge in [-0.3, -0.25) is 9.59 Å². The number of carbonyl (C=O) groups excluding carboxylic acids is 2. The van der Waals surface area contributed by atoms with Gasteiger partial charge in [0.2, 0.25) is 5.91 Å². The van der Waals surface area contributed by atoms with Crippen molar-refractivity contribution < 1.29 is 14.3 Å². The van der Waals surface area contributed by atoms with Crippen molar-refractivity contribution in [3.05, 3.63) is 78.0 Å². The van der Waals surface area contributed by atoms with Gasteiger partial charge in [-0.05, 0) is 36.4 Å². The van der Waals surface area contributed by atoms with Crippen molar-refractivity contribution in [1.82, 2.24) is 10.3 Å². The van der Waals surface area contributed by atoms with Crippen LogP contribution in [0.25, 0.3) is 0 Å². The highest BCUT2D eigenvalue weighted by molar-refractivity contribution is 5.94. The van der Waals surface area contributed by atoms with E-state index in [2.05, 4.69) is 20.9 Å². The van der Waals surface area contributed by atoms with Gasteiger partial charge < -0.3 is 20.7 Å². The Kier molecular flexibility index (Phi) is 6.42. The van der Waals surface area contributed by atoms with Gasteiger partial charge in [0.15, 0.2) is 0 Å². The van der Waals surface area contributed by atoms with Gasteiger partial charge in [0.1, 0.15) is 11.6 Å². The van der Waals surface area contributed by atoms with Gasteiger partial charge >= 0.3 is 0 Å². The molecule has 0 saturated carbocycles. The van der Waals surface area contributed by atoms with Gasteiger partial charge in [0, 0.05) is 36.6 Å². The lowest BCUT2D eigenvalue weighted by atomic mass is 10.2. The molecule has 0 fully saturated rings. The van der Waals surface area contributed by atoms with E-state index in [1.165, 1.54) is 13.1 Å². The third-order valence-corrected chi connectivity index (χ3v) is 4.11. The van der Waals surface area contributed by atoms with Gasteiger partial charge in [-0.2, -0.15) is 0 Å². The number of ether oxygens (including phenoxy) is 1. The molecule has 2 amide bonds. The highest BCUT2D eigenvalue weighted by Crippen LogP contribution is 2.20. The summed E-state index contributed by atoms with van der Waals surface area (Å²) in [5.41, 5.74) is 2.82. The van der Waals surface area contributed by atoms with Gasteiger partial charge in [-0.15, -0.1) is 0 Å². The molecule has 0 unspecified atom stereocenters. The van der Waals surface area contributed by atoms with Crippen molar-refractivity contribution >= 4 is 29.0 Å². The quantitative estimate of drug-likeness (QED) is 0.572. The summed E-state index contributed by atoms with van der Waals surface area (Å²) in [5.74, 6) is 0.963. The number of pyridine rings is 1. The maximum absolute atomic E-state index is 12.4. The predicted molar refractivity (Wildman–Crippen MR) is 112 cm³/mol. The molecule has 2 aromatic carbocycles. The van der Waals surface area contributed by atoms with Crippen LogP contribution in [-0.4, -0.2) is 23.9 Å². The van der Waals surface area contributed by atoms with Crippen LogP contribution in [0, 0.1) is 0 Å². The average Bonchev–Trinajstić information content (AvgIpc) is 2.72. The lowest BCUT2D eigenvalue weighted by Gasteiger charge is -2.10. The Bertz CT molecular complexity index is 1000. The Morgan fingerprint density at radius 2 is 1.79 bits per heavy atom. The Morgan fingerprint density at radius 1 is 1.00 bits per heavy atom. The molecule has 7 heteroatoms. The molecule has 0 spiro atoms. The molecule has 0 bridgehead atoms. The summed E-state index contributed by atoms with van der Waals surface area (Å²) in [6.45, 7) is 1.82. The minimum absolute atomic E-state index is 0.135. The molecule has 0 aliphatic heterocycles. The van der Waals surface area contributed by atoms with E-state index in [-0.39, 0.29) is 11.8 Å². The number of benzene rings is 2. The molecule has 0 radical (unpaired) electrons. The highest BCUT2D eigenvalue weighted by Gasteiger charge is 2.08. The van der Waals surface area contributed by atoms with Crippen LogP contribution < -0.4 is 20.7 Å². The van der Waals surface area contributed by atoms with Crippen LogP contribution in [0.1, 0.15) is 22.8 Å². The third-order valence-electron chi connectivity index (χ3n) is 4.11. The number of aromatic nitrogens is 1. The summed E-state index contributed by atoms with van der Waals surface area (Å²) < 4.78 is 5.29. The minimum atomic E-state index is -0.220. The molecule has 1 heterocycles. The molecular formula is C22H22N4O3. The van der Waals surface area contributed by atoms with Crippen molar-refractivity contribution in [2.45, 2.75) is 13.5 Å². The van der Waals surface area contributed by atoms with Crippen LogP contribution in [0.5, 0.6) is 5.75 Å². The number of nitrogens with zero attached hydrogens (tertiary/aromatic N) is 1. The van der Waals surface area contributed by atoms with Gasteiger partial charge in [-0.25, -0.2) is 4.98 Å². The first-order valence-corrected chi connectivity index (χ1v) is 9.06. The second-order valence-electron chi connectivity index (χ2n) is 6.31. The molecule has 148 valence electrons. The standard InChI is InChI=1S/C22H22N4O3/c1-15(27)25-18-7-5-8-19(12-18)26-21-11-10-17(14-23-21)22(28)24-13-16-6-3-4-9-20(16)29-2/h3-12,14H,13H2,1-2H3,(H,23,26)(H,24,28)(H,25,27). The molecule has 7 nitrogen and oxygen atoms in total. The second-order valence-corrected chi connectivity index (χ2v) is 6.31. The van der Waals surface area contributed by atoms with Crippen LogP contribution in [-0.2, 0) is 11.3 Å². The number of nitrogens with one attached hydrogen (secondary N) is 3. The van der Waals surface area contributed by atoms with E-state index in [4.69, 9.17) is 4.74 Å². The van der Waals surface area contributed by atoms with Gasteiger partial charge in [-0.1, -0.05) is 24.3 Å². The summed E-state index contributed by atoms with van der Waals surface area (Å²) in [5, 5.41) is 8.74. The van der Waals surface area contributed by atoms with E-state index in [0.717, 1.165) is 17.0 Å². The Balaban J connectivity index is 1.61. The van der Waals surface area contributed by atoms with E-state index in [1.54, 1.807) is 31.4 Å². The molecule has 0 atom stereocenters. The maximum Gasteiger partial charge on any atom is 0.253 e. The number of para-hydroxylation sites is 1. The summed E-state index contributed by atoms with van der Waals surface area (Å²) in [7, 11) is 1.60. The summed E-state index contributed by atoms with van der Waals surface area (Å²) in [6.07, 6.45) is 1.51. The molecule has 0 aliphatic carbocycles. The van der Waals surface area contributed by atoms with Crippen LogP contribution in [0.15, 0.2) is 66.9 Å². The van der Waals surface area contributed by atoms with Crippen LogP contribution >= 0.6 is 0 Å². The predicted octanol–water partition coefficient (Wildman–Crippen LogP) is 3.72. The van der Waals surface area contributed by atoms with Crippen LogP contribution in [0.3, 0.4) is 0 Å². The largest absolute Gasteiger partial charge is 0.496 e. The molecular weight excluding hydrogens is 368 g/mol. The number of methoxy groups -OCH3 is 1. The minimum Gasteiger partial charge on any atom is -0.496 e. The number of hydrogen-bond acceptors (Lipinski definition) is 5.